The van der Waals surface area contributed by atoms with Gasteiger partial charge in [-0.1, -0.05) is 49.4 Å². The van der Waals surface area contributed by atoms with Crippen LogP contribution < -0.4 is 15.5 Å². The van der Waals surface area contributed by atoms with Gasteiger partial charge in [0.05, 0.1) is 13.5 Å². The number of nitrogens with one attached hydrogen (secondary N) is 2. The first-order valence-corrected chi connectivity index (χ1v) is 8.65. The highest BCUT2D eigenvalue weighted by molar-refractivity contribution is 6.08. The molecule has 1 aliphatic rings. The number of urea groups is 1. The maximum absolute atomic E-state index is 13.0. The first-order chi connectivity index (χ1) is 13.0. The van der Waals surface area contributed by atoms with Crippen molar-refractivity contribution in [2.75, 3.05) is 7.11 Å². The number of imide groups is 1. The van der Waals surface area contributed by atoms with Gasteiger partial charge in [-0.25, -0.2) is 4.79 Å². The summed E-state index contributed by atoms with van der Waals surface area (Å²) < 4.78 is 5.08. The van der Waals surface area contributed by atoms with Crippen molar-refractivity contribution in [2.24, 2.45) is 0 Å². The van der Waals surface area contributed by atoms with Crippen molar-refractivity contribution < 1.29 is 19.1 Å². The van der Waals surface area contributed by atoms with Crippen molar-refractivity contribution in [3.63, 3.8) is 0 Å². The summed E-state index contributed by atoms with van der Waals surface area (Å²) in [7, 11) is 1.56. The average molecular weight is 367 g/mol. The summed E-state index contributed by atoms with van der Waals surface area (Å²) in [4.78, 5) is 37.7. The molecule has 1 aliphatic heterocycles. The molecule has 2 N–H and O–H groups in total. The summed E-state index contributed by atoms with van der Waals surface area (Å²) in [6, 6.07) is 15.4. The quantitative estimate of drug-likeness (QED) is 0.766. The first-order valence-electron chi connectivity index (χ1n) is 8.65. The standard InChI is InChI=1S/C20H21N3O4/c1-3-20(15-7-5-4-6-8-15)18(25)23(19(26)21-20)22-17(24)13-14-9-11-16(27-2)12-10-14/h4-12H,3,13H2,1-2H3,(H,21,26)(H,22,24). The Morgan fingerprint density at radius 2 is 1.78 bits per heavy atom. The molecular weight excluding hydrogens is 346 g/mol. The minimum Gasteiger partial charge on any atom is -0.497 e. The van der Waals surface area contributed by atoms with Gasteiger partial charge in [0.25, 0.3) is 5.91 Å². The second-order valence-corrected chi connectivity index (χ2v) is 6.26. The fraction of sp³-hybridized carbons (Fsp3) is 0.250. The summed E-state index contributed by atoms with van der Waals surface area (Å²) in [5.41, 5.74) is 2.66. The zero-order chi connectivity index (χ0) is 19.4. The van der Waals surface area contributed by atoms with Crippen molar-refractivity contribution >= 4 is 17.8 Å². The number of hydrogen-bond acceptors (Lipinski definition) is 4. The highest BCUT2D eigenvalue weighted by Gasteiger charge is 2.52. The molecule has 27 heavy (non-hydrogen) atoms. The van der Waals surface area contributed by atoms with Crippen LogP contribution >= 0.6 is 0 Å². The number of carbonyl (C=O) groups excluding carboxylic acids is 3. The lowest BCUT2D eigenvalue weighted by molar-refractivity contribution is -0.139. The minimum atomic E-state index is -1.17. The second kappa shape index (κ2) is 7.49. The van der Waals surface area contributed by atoms with Crippen molar-refractivity contribution in [1.82, 2.24) is 15.8 Å². The Morgan fingerprint density at radius 3 is 2.37 bits per heavy atom. The number of hydrogen-bond donors (Lipinski definition) is 2. The van der Waals surface area contributed by atoms with Gasteiger partial charge in [-0.2, -0.15) is 5.01 Å². The Balaban J connectivity index is 1.74. The van der Waals surface area contributed by atoms with E-state index in [1.807, 2.05) is 13.0 Å². The minimum absolute atomic E-state index is 0.0333. The van der Waals surface area contributed by atoms with Crippen molar-refractivity contribution in [3.05, 3.63) is 65.7 Å². The lowest BCUT2D eigenvalue weighted by Gasteiger charge is -2.25. The summed E-state index contributed by atoms with van der Waals surface area (Å²) in [6.07, 6.45) is 0.401. The molecule has 2 aromatic carbocycles. The Kier molecular flexibility index (Phi) is 5.12. The lowest BCUT2D eigenvalue weighted by atomic mass is 9.87. The van der Waals surface area contributed by atoms with Crippen LogP contribution in [0.3, 0.4) is 0 Å². The molecule has 1 saturated heterocycles. The molecule has 1 fully saturated rings. The molecule has 0 radical (unpaired) electrons. The van der Waals surface area contributed by atoms with Crippen molar-refractivity contribution in [2.45, 2.75) is 25.3 Å². The fourth-order valence-electron chi connectivity index (χ4n) is 3.13. The van der Waals surface area contributed by atoms with Gasteiger partial charge in [-0.3, -0.25) is 15.0 Å². The molecule has 140 valence electrons. The number of hydrazine groups is 1. The van der Waals surface area contributed by atoms with Crippen molar-refractivity contribution in [1.29, 1.82) is 0 Å². The van der Waals surface area contributed by atoms with E-state index in [4.69, 9.17) is 4.74 Å². The van der Waals surface area contributed by atoms with Gasteiger partial charge in [0.1, 0.15) is 11.3 Å². The second-order valence-electron chi connectivity index (χ2n) is 6.26. The number of benzene rings is 2. The van der Waals surface area contributed by atoms with Gasteiger partial charge in [0, 0.05) is 0 Å². The number of carbonyl (C=O) groups is 3. The van der Waals surface area contributed by atoms with Gasteiger partial charge < -0.3 is 10.1 Å². The largest absolute Gasteiger partial charge is 0.497 e. The van der Waals surface area contributed by atoms with Crippen LogP contribution in [0.5, 0.6) is 5.75 Å². The normalized spacial score (nSPS) is 19.0. The molecule has 0 bridgehead atoms. The number of nitrogens with zero attached hydrogens (tertiary/aromatic N) is 1. The monoisotopic (exact) mass is 367 g/mol. The van der Waals surface area contributed by atoms with Crippen LogP contribution in [-0.2, 0) is 21.5 Å². The molecule has 2 aromatic rings. The molecule has 0 saturated carbocycles. The van der Waals surface area contributed by atoms with Crippen LogP contribution in [-0.4, -0.2) is 30.0 Å². The summed E-state index contributed by atoms with van der Waals surface area (Å²) in [6.45, 7) is 1.81. The Morgan fingerprint density at radius 1 is 1.11 bits per heavy atom. The first kappa shape index (κ1) is 18.4. The third-order valence-corrected chi connectivity index (χ3v) is 4.65. The van der Waals surface area contributed by atoms with Gasteiger partial charge in [0.2, 0.25) is 5.91 Å². The van der Waals surface area contributed by atoms with E-state index in [0.717, 1.165) is 10.6 Å². The third kappa shape index (κ3) is 3.48. The summed E-state index contributed by atoms with van der Waals surface area (Å²) >= 11 is 0. The maximum Gasteiger partial charge on any atom is 0.344 e. The zero-order valence-corrected chi connectivity index (χ0v) is 15.2. The van der Waals surface area contributed by atoms with E-state index in [0.29, 0.717) is 17.7 Å². The molecule has 3 rings (SSSR count). The average Bonchev–Trinajstić information content (AvgIpc) is 2.94. The van der Waals surface area contributed by atoms with Crippen LogP contribution in [0.4, 0.5) is 4.79 Å². The molecule has 1 unspecified atom stereocenters. The van der Waals surface area contributed by atoms with Gasteiger partial charge in [-0.05, 0) is 29.7 Å². The van der Waals surface area contributed by atoms with Crippen LogP contribution in [0.25, 0.3) is 0 Å². The van der Waals surface area contributed by atoms with E-state index < -0.39 is 23.4 Å². The molecule has 7 heteroatoms. The lowest BCUT2D eigenvalue weighted by Crippen LogP contribution is -2.49. The molecule has 1 atom stereocenters. The van der Waals surface area contributed by atoms with E-state index in [1.54, 1.807) is 55.6 Å². The van der Waals surface area contributed by atoms with Gasteiger partial charge in [-0.15, -0.1) is 0 Å². The Hall–Kier alpha value is -3.35. The van der Waals surface area contributed by atoms with E-state index in [2.05, 4.69) is 10.7 Å². The molecule has 0 aliphatic carbocycles. The topological polar surface area (TPSA) is 87.7 Å². The molecule has 4 amide bonds. The number of ether oxygens (including phenoxy) is 1. The maximum atomic E-state index is 13.0. The molecule has 0 aromatic heterocycles. The van der Waals surface area contributed by atoms with Crippen molar-refractivity contribution in [3.8, 4) is 5.75 Å². The summed E-state index contributed by atoms with van der Waals surface area (Å²) in [5.74, 6) is -0.267. The van der Waals surface area contributed by atoms with Crippen LogP contribution in [0, 0.1) is 0 Å². The highest BCUT2D eigenvalue weighted by Crippen LogP contribution is 2.31. The smallest absolute Gasteiger partial charge is 0.344 e. The SMILES string of the molecule is CCC1(c2ccccc2)NC(=O)N(NC(=O)Cc2ccc(OC)cc2)C1=O. The predicted octanol–water partition coefficient (Wildman–Crippen LogP) is 2.13. The molecule has 0 spiro atoms. The molecule has 7 nitrogen and oxygen atoms in total. The molecule has 1 heterocycles. The third-order valence-electron chi connectivity index (χ3n) is 4.65. The number of rotatable bonds is 6. The predicted molar refractivity (Wildman–Crippen MR) is 98.6 cm³/mol. The van der Waals surface area contributed by atoms with E-state index >= 15 is 0 Å². The number of methoxy groups -OCH3 is 1. The van der Waals surface area contributed by atoms with Gasteiger partial charge in [0.15, 0.2) is 0 Å². The van der Waals surface area contributed by atoms with E-state index in [9.17, 15) is 14.4 Å². The van der Waals surface area contributed by atoms with E-state index in [1.165, 1.54) is 0 Å². The van der Waals surface area contributed by atoms with E-state index in [-0.39, 0.29) is 6.42 Å². The van der Waals surface area contributed by atoms with Crippen LogP contribution in [0.1, 0.15) is 24.5 Å². The molecular formula is C20H21N3O4. The van der Waals surface area contributed by atoms with Crippen LogP contribution in [0.15, 0.2) is 54.6 Å². The number of amides is 4. The summed E-state index contributed by atoms with van der Waals surface area (Å²) in [5, 5.41) is 3.49. The Bertz CT molecular complexity index is 851. The highest BCUT2D eigenvalue weighted by atomic mass is 16.5. The van der Waals surface area contributed by atoms with Crippen LogP contribution in [0.2, 0.25) is 0 Å². The zero-order valence-electron chi connectivity index (χ0n) is 15.2. The Labute approximate surface area is 157 Å². The fourth-order valence-corrected chi connectivity index (χ4v) is 3.13. The van der Waals surface area contributed by atoms with Gasteiger partial charge >= 0.3 is 6.03 Å².